The molecule has 3 aromatic rings. The van der Waals surface area contributed by atoms with Crippen molar-refractivity contribution in [2.24, 2.45) is 0 Å². The molecule has 27 heavy (non-hydrogen) atoms. The van der Waals surface area contributed by atoms with Crippen LogP contribution in [0.25, 0.3) is 10.8 Å². The summed E-state index contributed by atoms with van der Waals surface area (Å²) in [6.07, 6.45) is 0. The summed E-state index contributed by atoms with van der Waals surface area (Å²) in [4.78, 5) is 36.3. The average Bonchev–Trinajstić information content (AvgIpc) is 2.64. The summed E-state index contributed by atoms with van der Waals surface area (Å²) in [6.45, 7) is -0.526. The van der Waals surface area contributed by atoms with Gasteiger partial charge in [0.15, 0.2) is 5.69 Å². The molecule has 0 aliphatic carbocycles. The lowest BCUT2D eigenvalue weighted by Crippen LogP contribution is -2.31. The first-order chi connectivity index (χ1) is 12.9. The molecule has 2 N–H and O–H groups in total. The van der Waals surface area contributed by atoms with E-state index in [1.165, 1.54) is 30.3 Å². The van der Waals surface area contributed by atoms with Crippen LogP contribution in [0.2, 0.25) is 5.02 Å². The predicted octanol–water partition coefficient (Wildman–Crippen LogP) is 2.26. The number of carboxylic acid groups (broad SMARTS) is 1. The fourth-order valence-corrected chi connectivity index (χ4v) is 2.72. The number of carboxylic acids is 1. The topological polar surface area (TPSA) is 125 Å². The zero-order valence-corrected chi connectivity index (χ0v) is 14.4. The fourth-order valence-electron chi connectivity index (χ4n) is 2.54. The van der Waals surface area contributed by atoms with Gasteiger partial charge < -0.3 is 10.4 Å². The zero-order chi connectivity index (χ0) is 19.6. The molecule has 134 valence electrons. The molecule has 0 atom stereocenters. The standard InChI is InChI=1S/C18H11ClN4O4/c19-11-6-5-10(8-20)14(7-11)21-15(24)9-23-17(25)13-4-2-1-3-12(13)16(22-23)18(26)27/h1-7H,9H2,(H,21,24)(H,26,27). The number of aromatic nitrogens is 2. The first-order valence-electron chi connectivity index (χ1n) is 7.63. The number of carbonyl (C=O) groups is 2. The minimum Gasteiger partial charge on any atom is -0.476 e. The Morgan fingerprint density at radius 1 is 1.22 bits per heavy atom. The predicted molar refractivity (Wildman–Crippen MR) is 97.8 cm³/mol. The highest BCUT2D eigenvalue weighted by Crippen LogP contribution is 2.20. The Morgan fingerprint density at radius 2 is 1.93 bits per heavy atom. The average molecular weight is 383 g/mol. The van der Waals surface area contributed by atoms with E-state index in [-0.39, 0.29) is 27.7 Å². The van der Waals surface area contributed by atoms with E-state index in [1.807, 2.05) is 6.07 Å². The lowest BCUT2D eigenvalue weighted by Gasteiger charge is -2.10. The zero-order valence-electron chi connectivity index (χ0n) is 13.6. The number of anilines is 1. The number of benzene rings is 2. The van der Waals surface area contributed by atoms with Gasteiger partial charge in [0.1, 0.15) is 12.6 Å². The number of nitriles is 1. The molecule has 0 saturated carbocycles. The second-order valence-corrected chi connectivity index (χ2v) is 5.95. The molecule has 0 bridgehead atoms. The van der Waals surface area contributed by atoms with E-state index < -0.39 is 24.0 Å². The second kappa shape index (κ2) is 7.27. The lowest BCUT2D eigenvalue weighted by atomic mass is 10.1. The molecule has 1 aromatic heterocycles. The third-order valence-electron chi connectivity index (χ3n) is 3.74. The molecule has 2 aromatic carbocycles. The van der Waals surface area contributed by atoms with E-state index in [2.05, 4.69) is 10.4 Å². The molecule has 8 nitrogen and oxygen atoms in total. The normalized spacial score (nSPS) is 10.4. The number of fused-ring (bicyclic) bond motifs is 1. The van der Waals surface area contributed by atoms with Crippen LogP contribution in [0.1, 0.15) is 16.1 Å². The van der Waals surface area contributed by atoms with Crippen molar-refractivity contribution >= 4 is 39.9 Å². The van der Waals surface area contributed by atoms with Gasteiger partial charge in [0, 0.05) is 10.4 Å². The van der Waals surface area contributed by atoms with Gasteiger partial charge in [0.05, 0.1) is 16.6 Å². The summed E-state index contributed by atoms with van der Waals surface area (Å²) in [5, 5.41) is 25.4. The SMILES string of the molecule is N#Cc1ccc(Cl)cc1NC(=O)Cn1nc(C(=O)O)c2ccccc2c1=O. The Kier molecular flexibility index (Phi) is 4.88. The third kappa shape index (κ3) is 3.63. The van der Waals surface area contributed by atoms with Gasteiger partial charge in [-0.2, -0.15) is 10.4 Å². The number of hydrogen-bond acceptors (Lipinski definition) is 5. The third-order valence-corrected chi connectivity index (χ3v) is 3.97. The number of amides is 1. The number of hydrogen-bond donors (Lipinski definition) is 2. The minimum absolute atomic E-state index is 0.137. The fraction of sp³-hybridized carbons (Fsp3) is 0.0556. The van der Waals surface area contributed by atoms with Crippen LogP contribution in [-0.2, 0) is 11.3 Å². The van der Waals surface area contributed by atoms with Crippen molar-refractivity contribution in [3.05, 3.63) is 69.1 Å². The highest BCUT2D eigenvalue weighted by atomic mass is 35.5. The molecule has 0 aliphatic heterocycles. The maximum absolute atomic E-state index is 12.5. The van der Waals surface area contributed by atoms with Gasteiger partial charge in [-0.25, -0.2) is 9.48 Å². The Labute approximate surface area is 157 Å². The quantitative estimate of drug-likeness (QED) is 0.712. The first-order valence-corrected chi connectivity index (χ1v) is 8.01. The molecule has 9 heteroatoms. The smallest absolute Gasteiger partial charge is 0.357 e. The van der Waals surface area contributed by atoms with E-state index in [0.29, 0.717) is 5.02 Å². The van der Waals surface area contributed by atoms with Crippen molar-refractivity contribution in [3.63, 3.8) is 0 Å². The Bertz CT molecular complexity index is 1180. The van der Waals surface area contributed by atoms with Crippen LogP contribution in [0.3, 0.4) is 0 Å². The van der Waals surface area contributed by atoms with E-state index >= 15 is 0 Å². The van der Waals surface area contributed by atoms with Gasteiger partial charge in [-0.3, -0.25) is 9.59 Å². The molecule has 0 radical (unpaired) electrons. The highest BCUT2D eigenvalue weighted by Gasteiger charge is 2.17. The van der Waals surface area contributed by atoms with Gasteiger partial charge in [-0.1, -0.05) is 29.8 Å². The molecule has 1 amide bonds. The summed E-state index contributed by atoms with van der Waals surface area (Å²) >= 11 is 5.87. The number of carbonyl (C=O) groups excluding carboxylic acids is 1. The van der Waals surface area contributed by atoms with Gasteiger partial charge in [-0.15, -0.1) is 0 Å². The van der Waals surface area contributed by atoms with E-state index in [0.717, 1.165) is 4.68 Å². The highest BCUT2D eigenvalue weighted by molar-refractivity contribution is 6.31. The molecule has 0 spiro atoms. The number of halogens is 1. The molecular weight excluding hydrogens is 372 g/mol. The van der Waals surface area contributed by atoms with Crippen molar-refractivity contribution in [1.29, 1.82) is 5.26 Å². The Hall–Kier alpha value is -3.70. The second-order valence-electron chi connectivity index (χ2n) is 5.51. The van der Waals surface area contributed by atoms with Gasteiger partial charge in [-0.05, 0) is 24.3 Å². The summed E-state index contributed by atoms with van der Waals surface area (Å²) < 4.78 is 0.776. The number of rotatable bonds is 4. The molecule has 0 saturated heterocycles. The summed E-state index contributed by atoms with van der Waals surface area (Å²) in [5.74, 6) is -1.98. The van der Waals surface area contributed by atoms with Crippen LogP contribution in [0, 0.1) is 11.3 Å². The summed E-state index contributed by atoms with van der Waals surface area (Å²) in [7, 11) is 0. The van der Waals surface area contributed by atoms with Crippen LogP contribution >= 0.6 is 11.6 Å². The maximum Gasteiger partial charge on any atom is 0.357 e. The molecule has 3 rings (SSSR count). The summed E-state index contributed by atoms with van der Waals surface area (Å²) in [6, 6.07) is 12.4. The molecule has 0 fully saturated rings. The molecular formula is C18H11ClN4O4. The van der Waals surface area contributed by atoms with Crippen LogP contribution < -0.4 is 10.9 Å². The van der Waals surface area contributed by atoms with Crippen LogP contribution in [0.5, 0.6) is 0 Å². The number of nitrogens with one attached hydrogen (secondary N) is 1. The van der Waals surface area contributed by atoms with Crippen molar-refractivity contribution in [1.82, 2.24) is 9.78 Å². The van der Waals surface area contributed by atoms with Gasteiger partial charge in [0.2, 0.25) is 5.91 Å². The summed E-state index contributed by atoms with van der Waals surface area (Å²) in [5.41, 5.74) is -0.559. The lowest BCUT2D eigenvalue weighted by molar-refractivity contribution is -0.117. The number of nitrogens with zero attached hydrogens (tertiary/aromatic N) is 3. The minimum atomic E-state index is -1.32. The first kappa shape index (κ1) is 18.1. The molecule has 0 unspecified atom stereocenters. The van der Waals surface area contributed by atoms with Crippen molar-refractivity contribution in [3.8, 4) is 6.07 Å². The Morgan fingerprint density at radius 3 is 2.59 bits per heavy atom. The molecule has 1 heterocycles. The van der Waals surface area contributed by atoms with E-state index in [4.69, 9.17) is 16.9 Å². The van der Waals surface area contributed by atoms with Crippen LogP contribution in [-0.4, -0.2) is 26.8 Å². The molecule has 0 aliphatic rings. The maximum atomic E-state index is 12.5. The van der Waals surface area contributed by atoms with Crippen molar-refractivity contribution in [2.45, 2.75) is 6.54 Å². The van der Waals surface area contributed by atoms with Crippen LogP contribution in [0.4, 0.5) is 5.69 Å². The van der Waals surface area contributed by atoms with Crippen molar-refractivity contribution < 1.29 is 14.7 Å². The van der Waals surface area contributed by atoms with Gasteiger partial charge >= 0.3 is 5.97 Å². The Balaban J connectivity index is 1.98. The van der Waals surface area contributed by atoms with Crippen LogP contribution in [0.15, 0.2) is 47.3 Å². The number of aromatic carboxylic acids is 1. The van der Waals surface area contributed by atoms with Gasteiger partial charge in [0.25, 0.3) is 5.56 Å². The monoisotopic (exact) mass is 382 g/mol. The van der Waals surface area contributed by atoms with Crippen molar-refractivity contribution in [2.75, 3.05) is 5.32 Å². The van der Waals surface area contributed by atoms with E-state index in [1.54, 1.807) is 12.1 Å². The van der Waals surface area contributed by atoms with E-state index in [9.17, 15) is 19.5 Å². The largest absolute Gasteiger partial charge is 0.476 e.